The van der Waals surface area contributed by atoms with Crippen LogP contribution in [-0.2, 0) is 0 Å². The van der Waals surface area contributed by atoms with Crippen LogP contribution in [0.15, 0.2) is 47.4 Å². The summed E-state index contributed by atoms with van der Waals surface area (Å²) < 4.78 is 7.07. The number of aromatic nitrogens is 2. The summed E-state index contributed by atoms with van der Waals surface area (Å²) >= 11 is 0. The van der Waals surface area contributed by atoms with Crippen LogP contribution in [0.5, 0.6) is 11.5 Å². The smallest absolute Gasteiger partial charge is 0.273 e. The Bertz CT molecular complexity index is 1060. The van der Waals surface area contributed by atoms with Crippen LogP contribution in [0, 0.1) is 0 Å². The molecule has 2 aromatic carbocycles. The summed E-state index contributed by atoms with van der Waals surface area (Å²) in [5.74, 6) is 0.830. The van der Waals surface area contributed by atoms with Crippen molar-refractivity contribution in [2.45, 2.75) is 0 Å². The highest BCUT2D eigenvalue weighted by atomic mass is 16.5. The van der Waals surface area contributed by atoms with Gasteiger partial charge in [0.2, 0.25) is 0 Å². The second kappa shape index (κ2) is 4.02. The molecule has 0 fully saturated rings. The molecule has 0 spiro atoms. The molecule has 0 saturated carbocycles. The van der Waals surface area contributed by atoms with E-state index in [1.54, 1.807) is 25.3 Å². The molecule has 0 amide bonds. The number of nitrogens with zero attached hydrogens (tertiary/aromatic N) is 1. The van der Waals surface area contributed by atoms with E-state index >= 15 is 0 Å². The molecule has 4 aromatic rings. The number of hydrogen-bond donors (Lipinski definition) is 2. The fourth-order valence-corrected chi connectivity index (χ4v) is 2.75. The van der Waals surface area contributed by atoms with Crippen LogP contribution in [-0.4, -0.2) is 21.6 Å². The second-order valence-electron chi connectivity index (χ2n) is 4.96. The molecule has 0 aliphatic heterocycles. The molecule has 0 radical (unpaired) electrons. The fraction of sp³-hybridized carbons (Fsp3) is 0.0625. The highest BCUT2D eigenvalue weighted by Crippen LogP contribution is 2.27. The summed E-state index contributed by atoms with van der Waals surface area (Å²) in [6.45, 7) is 0. The molecule has 104 valence electrons. The Morgan fingerprint density at radius 3 is 2.86 bits per heavy atom. The number of methoxy groups -OCH3 is 1. The molecule has 0 aliphatic rings. The summed E-state index contributed by atoms with van der Waals surface area (Å²) in [6, 6.07) is 10.6. The molecule has 4 rings (SSSR count). The minimum atomic E-state index is -0.198. The van der Waals surface area contributed by atoms with E-state index in [9.17, 15) is 9.90 Å². The fourth-order valence-electron chi connectivity index (χ4n) is 2.75. The zero-order valence-corrected chi connectivity index (χ0v) is 11.3. The standard InChI is InChI=1S/C16H12N2O3/c1-21-11-4-2-9-8-18-14-5-3-10(19)6-13(14)17-16(20)15(18)12(9)7-11/h2-8,19H,1H3,(H,17,20). The number of nitrogens with one attached hydrogen (secondary N) is 1. The monoisotopic (exact) mass is 280 g/mol. The van der Waals surface area contributed by atoms with Gasteiger partial charge >= 0.3 is 0 Å². The lowest BCUT2D eigenvalue weighted by molar-refractivity contribution is 0.415. The Hall–Kier alpha value is -2.95. The quantitative estimate of drug-likeness (QED) is 0.563. The van der Waals surface area contributed by atoms with Crippen molar-refractivity contribution in [1.82, 2.24) is 9.38 Å². The number of phenolic OH excluding ortho intramolecular Hbond substituents is 1. The van der Waals surface area contributed by atoms with Gasteiger partial charge in [0.1, 0.15) is 17.0 Å². The molecular weight excluding hydrogens is 268 g/mol. The first-order valence-corrected chi connectivity index (χ1v) is 6.51. The Kier molecular flexibility index (Phi) is 2.27. The summed E-state index contributed by atoms with van der Waals surface area (Å²) in [5, 5.41) is 11.4. The van der Waals surface area contributed by atoms with Gasteiger partial charge in [0, 0.05) is 23.0 Å². The van der Waals surface area contributed by atoms with Crippen molar-refractivity contribution in [3.05, 3.63) is 52.9 Å². The molecule has 2 N–H and O–H groups in total. The first-order valence-electron chi connectivity index (χ1n) is 6.51. The number of ether oxygens (including phenoxy) is 1. The minimum absolute atomic E-state index is 0.121. The maximum absolute atomic E-state index is 12.4. The van der Waals surface area contributed by atoms with Crippen LogP contribution >= 0.6 is 0 Å². The zero-order chi connectivity index (χ0) is 14.6. The molecule has 0 bridgehead atoms. The van der Waals surface area contributed by atoms with Gasteiger partial charge in [0.25, 0.3) is 5.56 Å². The van der Waals surface area contributed by atoms with Gasteiger partial charge in [-0.2, -0.15) is 0 Å². The van der Waals surface area contributed by atoms with Crippen molar-refractivity contribution in [1.29, 1.82) is 0 Å². The Morgan fingerprint density at radius 1 is 1.19 bits per heavy atom. The van der Waals surface area contributed by atoms with Crippen LogP contribution in [0.2, 0.25) is 0 Å². The van der Waals surface area contributed by atoms with E-state index in [0.29, 0.717) is 16.8 Å². The van der Waals surface area contributed by atoms with E-state index in [0.717, 1.165) is 16.3 Å². The first kappa shape index (κ1) is 11.8. The van der Waals surface area contributed by atoms with E-state index in [1.165, 1.54) is 0 Å². The number of aromatic amines is 1. The van der Waals surface area contributed by atoms with Crippen molar-refractivity contribution < 1.29 is 9.84 Å². The predicted molar refractivity (Wildman–Crippen MR) is 81.2 cm³/mol. The molecule has 0 unspecified atom stereocenters. The van der Waals surface area contributed by atoms with Gasteiger partial charge in [-0.05, 0) is 30.3 Å². The van der Waals surface area contributed by atoms with Gasteiger partial charge in [0.15, 0.2) is 0 Å². The molecule has 2 aromatic heterocycles. The highest BCUT2D eigenvalue weighted by molar-refractivity contribution is 6.00. The SMILES string of the molecule is COc1ccc2cn3c4ccc(O)cc4[nH]c(=O)c3c2c1. The predicted octanol–water partition coefficient (Wildman–Crippen LogP) is 2.65. The highest BCUT2D eigenvalue weighted by Gasteiger charge is 2.11. The van der Waals surface area contributed by atoms with Gasteiger partial charge in [-0.15, -0.1) is 0 Å². The van der Waals surface area contributed by atoms with Gasteiger partial charge in [-0.3, -0.25) is 4.79 Å². The van der Waals surface area contributed by atoms with E-state index < -0.39 is 0 Å². The summed E-state index contributed by atoms with van der Waals surface area (Å²) in [4.78, 5) is 15.2. The lowest BCUT2D eigenvalue weighted by atomic mass is 10.2. The van der Waals surface area contributed by atoms with Crippen molar-refractivity contribution in [2.75, 3.05) is 7.11 Å². The number of phenols is 1. The van der Waals surface area contributed by atoms with Crippen LogP contribution in [0.25, 0.3) is 27.3 Å². The number of hydrogen-bond acceptors (Lipinski definition) is 3. The van der Waals surface area contributed by atoms with Crippen molar-refractivity contribution >= 4 is 27.3 Å². The lowest BCUT2D eigenvalue weighted by Gasteiger charge is -2.03. The average Bonchev–Trinajstić information content (AvgIpc) is 2.85. The van der Waals surface area contributed by atoms with Gasteiger partial charge in [0.05, 0.1) is 18.1 Å². The van der Waals surface area contributed by atoms with Crippen LogP contribution in [0.4, 0.5) is 0 Å². The number of fused-ring (bicyclic) bond motifs is 5. The van der Waals surface area contributed by atoms with Crippen LogP contribution < -0.4 is 10.3 Å². The second-order valence-corrected chi connectivity index (χ2v) is 4.96. The minimum Gasteiger partial charge on any atom is -0.508 e. The van der Waals surface area contributed by atoms with Gasteiger partial charge in [-0.1, -0.05) is 0 Å². The lowest BCUT2D eigenvalue weighted by Crippen LogP contribution is -2.09. The molecular formula is C16H12N2O3. The van der Waals surface area contributed by atoms with Crippen molar-refractivity contribution in [3.63, 3.8) is 0 Å². The number of aromatic hydroxyl groups is 1. The normalized spacial score (nSPS) is 11.5. The molecule has 0 atom stereocenters. The Morgan fingerprint density at radius 2 is 2.05 bits per heavy atom. The summed E-state index contributed by atoms with van der Waals surface area (Å²) in [6.07, 6.45) is 1.92. The third-order valence-corrected chi connectivity index (χ3v) is 3.73. The number of rotatable bonds is 1. The average molecular weight is 280 g/mol. The number of H-pyrrole nitrogens is 1. The van der Waals surface area contributed by atoms with E-state index in [2.05, 4.69) is 4.98 Å². The maximum Gasteiger partial charge on any atom is 0.273 e. The largest absolute Gasteiger partial charge is 0.508 e. The molecule has 0 saturated heterocycles. The molecule has 2 heterocycles. The Labute approximate surface area is 119 Å². The first-order chi connectivity index (χ1) is 10.2. The topological polar surface area (TPSA) is 66.7 Å². The number of benzene rings is 2. The molecule has 21 heavy (non-hydrogen) atoms. The van der Waals surface area contributed by atoms with E-state index in [1.807, 2.05) is 28.8 Å². The molecule has 0 aliphatic carbocycles. The maximum atomic E-state index is 12.4. The summed E-state index contributed by atoms with van der Waals surface area (Å²) in [5.41, 5.74) is 1.80. The Balaban J connectivity index is 2.26. The molecule has 5 nitrogen and oxygen atoms in total. The molecule has 5 heteroatoms. The van der Waals surface area contributed by atoms with Gasteiger partial charge in [-0.25, -0.2) is 0 Å². The van der Waals surface area contributed by atoms with Crippen molar-refractivity contribution in [2.24, 2.45) is 0 Å². The zero-order valence-electron chi connectivity index (χ0n) is 11.3. The van der Waals surface area contributed by atoms with Gasteiger partial charge < -0.3 is 19.2 Å². The van der Waals surface area contributed by atoms with Crippen LogP contribution in [0.1, 0.15) is 0 Å². The van der Waals surface area contributed by atoms with E-state index in [4.69, 9.17) is 4.74 Å². The van der Waals surface area contributed by atoms with E-state index in [-0.39, 0.29) is 11.3 Å². The third-order valence-electron chi connectivity index (χ3n) is 3.73. The van der Waals surface area contributed by atoms with Crippen LogP contribution in [0.3, 0.4) is 0 Å². The summed E-state index contributed by atoms with van der Waals surface area (Å²) in [7, 11) is 1.60. The third kappa shape index (κ3) is 1.61. The van der Waals surface area contributed by atoms with Crippen molar-refractivity contribution in [3.8, 4) is 11.5 Å².